The highest BCUT2D eigenvalue weighted by Gasteiger charge is 2.24. The summed E-state index contributed by atoms with van der Waals surface area (Å²) in [7, 11) is -2.30. The molecule has 0 saturated carbocycles. The van der Waals surface area contributed by atoms with Gasteiger partial charge in [-0.15, -0.1) is 0 Å². The molecular weight excluding hydrogens is 460 g/mol. The Morgan fingerprint density at radius 3 is 2.58 bits per heavy atom. The molecule has 1 N–H and O–H groups in total. The Bertz CT molecular complexity index is 993. The lowest BCUT2D eigenvalue weighted by molar-refractivity contribution is 0.0300. The predicted octanol–water partition coefficient (Wildman–Crippen LogP) is 3.03. The van der Waals surface area contributed by atoms with Crippen LogP contribution in [-0.2, 0) is 20.5 Å². The number of hydrogen-bond donors (Lipinski definition) is 1. The highest BCUT2D eigenvalue weighted by Crippen LogP contribution is 2.24. The normalized spacial score (nSPS) is 14.5. The molecule has 1 fully saturated rings. The largest absolute Gasteiger partial charge is 0.496 e. The first kappa shape index (κ1) is 23.9. The molecule has 1 heterocycles. The van der Waals surface area contributed by atoms with Crippen LogP contribution in [0.5, 0.6) is 5.75 Å². The summed E-state index contributed by atoms with van der Waals surface area (Å²) in [5, 5.41) is 0.687. The maximum absolute atomic E-state index is 12.9. The molecule has 3 rings (SSSR count). The first-order valence-corrected chi connectivity index (χ1v) is 12.8. The van der Waals surface area contributed by atoms with Gasteiger partial charge in [-0.25, -0.2) is 13.1 Å². The summed E-state index contributed by atoms with van der Waals surface area (Å²) < 4.78 is 38.6. The number of thioether (sulfide) groups is 1. The van der Waals surface area contributed by atoms with Gasteiger partial charge in [0, 0.05) is 36.2 Å². The number of nitrogens with zero attached hydrogens (tertiary/aromatic N) is 1. The molecule has 0 bridgehead atoms. The Morgan fingerprint density at radius 1 is 1.19 bits per heavy atom. The molecule has 0 aromatic heterocycles. The first-order chi connectivity index (χ1) is 14.9. The lowest BCUT2D eigenvalue weighted by atomic mass is 10.1. The molecule has 0 atom stereocenters. The van der Waals surface area contributed by atoms with Gasteiger partial charge in [0.05, 0.1) is 30.8 Å². The summed E-state index contributed by atoms with van der Waals surface area (Å²) in [5.74, 6) is 1.45. The Hall–Kier alpha value is -1.78. The van der Waals surface area contributed by atoms with Gasteiger partial charge in [-0.3, -0.25) is 4.79 Å². The summed E-state index contributed by atoms with van der Waals surface area (Å²) in [6, 6.07) is 11.9. The average molecular weight is 485 g/mol. The predicted molar refractivity (Wildman–Crippen MR) is 123 cm³/mol. The fourth-order valence-corrected chi connectivity index (χ4v) is 5.19. The Labute approximate surface area is 192 Å². The summed E-state index contributed by atoms with van der Waals surface area (Å²) in [5.41, 5.74) is 1.35. The number of sulfonamides is 1. The molecule has 7 nitrogen and oxygen atoms in total. The second-order valence-electron chi connectivity index (χ2n) is 6.84. The number of halogens is 1. The van der Waals surface area contributed by atoms with Crippen LogP contribution in [0.25, 0.3) is 0 Å². The van der Waals surface area contributed by atoms with Crippen LogP contribution in [0.15, 0.2) is 47.4 Å². The third-order valence-corrected chi connectivity index (χ3v) is 7.47. The van der Waals surface area contributed by atoms with Crippen molar-refractivity contribution >= 4 is 39.3 Å². The van der Waals surface area contributed by atoms with E-state index in [1.807, 2.05) is 24.3 Å². The van der Waals surface area contributed by atoms with E-state index < -0.39 is 10.0 Å². The van der Waals surface area contributed by atoms with Gasteiger partial charge in [-0.1, -0.05) is 23.7 Å². The van der Waals surface area contributed by atoms with E-state index in [2.05, 4.69) is 4.72 Å². The smallest absolute Gasteiger partial charge is 0.257 e. The van der Waals surface area contributed by atoms with Gasteiger partial charge in [0.2, 0.25) is 10.0 Å². The highest BCUT2D eigenvalue weighted by atomic mass is 35.5. The van der Waals surface area contributed by atoms with E-state index in [1.54, 1.807) is 16.7 Å². The third kappa shape index (κ3) is 6.60. The van der Waals surface area contributed by atoms with Crippen LogP contribution >= 0.6 is 23.4 Å². The van der Waals surface area contributed by atoms with Gasteiger partial charge in [-0.05, 0) is 35.9 Å². The van der Waals surface area contributed by atoms with Crippen LogP contribution < -0.4 is 9.46 Å². The van der Waals surface area contributed by atoms with Crippen molar-refractivity contribution in [3.8, 4) is 5.75 Å². The quantitative estimate of drug-likeness (QED) is 0.551. The SMILES string of the molecule is COc1ccc(S(=O)(=O)NCCSCc2ccc(Cl)cc2)cc1C(=O)N1CCOCC1. The lowest BCUT2D eigenvalue weighted by Crippen LogP contribution is -2.40. The van der Waals surface area contributed by atoms with Crippen LogP contribution in [0.3, 0.4) is 0 Å². The van der Waals surface area contributed by atoms with Crippen molar-refractivity contribution < 1.29 is 22.7 Å². The fourth-order valence-electron chi connectivity index (χ4n) is 3.06. The summed E-state index contributed by atoms with van der Waals surface area (Å²) in [4.78, 5) is 14.5. The lowest BCUT2D eigenvalue weighted by Gasteiger charge is -2.27. The average Bonchev–Trinajstić information content (AvgIpc) is 2.79. The van der Waals surface area contributed by atoms with Crippen molar-refractivity contribution in [3.05, 3.63) is 58.6 Å². The van der Waals surface area contributed by atoms with Crippen molar-refractivity contribution in [3.63, 3.8) is 0 Å². The second kappa shape index (κ2) is 11.2. The molecule has 0 unspecified atom stereocenters. The van der Waals surface area contributed by atoms with Crippen LogP contribution in [0.1, 0.15) is 15.9 Å². The number of ether oxygens (including phenoxy) is 2. The van der Waals surface area contributed by atoms with Crippen molar-refractivity contribution in [1.82, 2.24) is 9.62 Å². The number of benzene rings is 2. The van der Waals surface area contributed by atoms with Gasteiger partial charge in [0.1, 0.15) is 5.75 Å². The maximum atomic E-state index is 12.9. The van der Waals surface area contributed by atoms with Gasteiger partial charge >= 0.3 is 0 Å². The van der Waals surface area contributed by atoms with E-state index >= 15 is 0 Å². The molecular formula is C21H25ClN2O5S2. The number of morpholine rings is 1. The molecule has 0 spiro atoms. The molecule has 1 aliphatic heterocycles. The van der Waals surface area contributed by atoms with Crippen molar-refractivity contribution in [1.29, 1.82) is 0 Å². The number of carbonyl (C=O) groups excluding carboxylic acids is 1. The van der Waals surface area contributed by atoms with Crippen molar-refractivity contribution in [2.75, 3.05) is 45.7 Å². The summed E-state index contributed by atoms with van der Waals surface area (Å²) in [6.07, 6.45) is 0. The standard InChI is InChI=1S/C21H25ClN2O5S2/c1-28-20-7-6-18(14-19(20)21(25)24-9-11-29-12-10-24)31(26,27)23-8-13-30-15-16-2-4-17(22)5-3-16/h2-7,14,23H,8-13,15H2,1H3. The minimum Gasteiger partial charge on any atom is -0.496 e. The minimum atomic E-state index is -3.75. The van der Waals surface area contributed by atoms with Gasteiger partial charge in [-0.2, -0.15) is 11.8 Å². The molecule has 2 aromatic rings. The summed E-state index contributed by atoms with van der Waals surface area (Å²) in [6.45, 7) is 2.12. The molecule has 0 radical (unpaired) electrons. The zero-order valence-corrected chi connectivity index (χ0v) is 19.6. The third-order valence-electron chi connectivity index (χ3n) is 4.73. The summed E-state index contributed by atoms with van der Waals surface area (Å²) >= 11 is 7.50. The van der Waals surface area contributed by atoms with E-state index in [-0.39, 0.29) is 22.9 Å². The molecule has 0 aliphatic carbocycles. The van der Waals surface area contributed by atoms with Crippen molar-refractivity contribution in [2.24, 2.45) is 0 Å². The number of rotatable bonds is 9. The van der Waals surface area contributed by atoms with Crippen LogP contribution in [0.2, 0.25) is 5.02 Å². The van der Waals surface area contributed by atoms with Crippen molar-refractivity contribution in [2.45, 2.75) is 10.6 Å². The molecule has 31 heavy (non-hydrogen) atoms. The topological polar surface area (TPSA) is 84.9 Å². The van der Waals surface area contributed by atoms with Gasteiger partial charge in [0.25, 0.3) is 5.91 Å². The number of nitrogens with one attached hydrogen (secondary N) is 1. The Kier molecular flexibility index (Phi) is 8.62. The van der Waals surface area contributed by atoms with Gasteiger partial charge < -0.3 is 14.4 Å². The molecule has 2 aromatic carbocycles. The van der Waals surface area contributed by atoms with Gasteiger partial charge in [0.15, 0.2) is 0 Å². The molecule has 1 amide bonds. The molecule has 1 saturated heterocycles. The van der Waals surface area contributed by atoms with Crippen LogP contribution in [0.4, 0.5) is 0 Å². The monoisotopic (exact) mass is 484 g/mol. The molecule has 168 valence electrons. The Balaban J connectivity index is 1.60. The number of carbonyl (C=O) groups is 1. The van der Waals surface area contributed by atoms with E-state index in [0.717, 1.165) is 11.3 Å². The zero-order valence-electron chi connectivity index (χ0n) is 17.2. The molecule has 10 heteroatoms. The van der Waals surface area contributed by atoms with E-state index in [9.17, 15) is 13.2 Å². The second-order valence-corrected chi connectivity index (χ2v) is 10.2. The zero-order chi connectivity index (χ0) is 22.3. The minimum absolute atomic E-state index is 0.0348. The maximum Gasteiger partial charge on any atom is 0.257 e. The van der Waals surface area contributed by atoms with Crippen LogP contribution in [-0.4, -0.2) is 64.9 Å². The first-order valence-electron chi connectivity index (χ1n) is 9.77. The Morgan fingerprint density at radius 2 is 1.90 bits per heavy atom. The highest BCUT2D eigenvalue weighted by molar-refractivity contribution is 7.98. The van der Waals surface area contributed by atoms with E-state index in [0.29, 0.717) is 42.8 Å². The number of amides is 1. The van der Waals surface area contributed by atoms with E-state index in [4.69, 9.17) is 21.1 Å². The molecule has 1 aliphatic rings. The number of hydrogen-bond acceptors (Lipinski definition) is 6. The fraction of sp³-hybridized carbons (Fsp3) is 0.381. The van der Waals surface area contributed by atoms with E-state index in [1.165, 1.54) is 25.3 Å². The number of methoxy groups -OCH3 is 1. The van der Waals surface area contributed by atoms with Crippen LogP contribution in [0, 0.1) is 0 Å².